The van der Waals surface area contributed by atoms with Crippen molar-refractivity contribution in [2.24, 2.45) is 0 Å². The zero-order valence-electron chi connectivity index (χ0n) is 10.7. The molecule has 0 amide bonds. The monoisotopic (exact) mass is 262 g/mol. The number of benzene rings is 1. The van der Waals surface area contributed by atoms with Crippen LogP contribution in [0.5, 0.6) is 0 Å². The molecule has 0 unspecified atom stereocenters. The van der Waals surface area contributed by atoms with Gasteiger partial charge in [0.2, 0.25) is 0 Å². The summed E-state index contributed by atoms with van der Waals surface area (Å²) < 4.78 is 19.1. The zero-order chi connectivity index (χ0) is 13.4. The highest BCUT2D eigenvalue weighted by molar-refractivity contribution is 5.89. The number of rotatable bonds is 1. The smallest absolute Gasteiger partial charge is 0.192 e. The lowest BCUT2D eigenvalue weighted by atomic mass is 10.1. The van der Waals surface area contributed by atoms with Gasteiger partial charge in [-0.3, -0.25) is 4.79 Å². The Kier molecular flexibility index (Phi) is 2.98. The molecule has 0 saturated carbocycles. The summed E-state index contributed by atoms with van der Waals surface area (Å²) in [6.07, 6.45) is 1.36. The molecular formula is C14H15FN2O2. The third-order valence-corrected chi connectivity index (χ3v) is 3.55. The van der Waals surface area contributed by atoms with E-state index in [-0.39, 0.29) is 5.43 Å². The van der Waals surface area contributed by atoms with E-state index in [0.29, 0.717) is 16.7 Å². The Morgan fingerprint density at radius 1 is 1.21 bits per heavy atom. The normalized spacial score (nSPS) is 17.1. The van der Waals surface area contributed by atoms with E-state index in [4.69, 9.17) is 4.42 Å². The second kappa shape index (κ2) is 4.66. The lowest BCUT2D eigenvalue weighted by molar-refractivity contribution is 0.312. The van der Waals surface area contributed by atoms with E-state index >= 15 is 0 Å². The van der Waals surface area contributed by atoms with Crippen LogP contribution in [-0.4, -0.2) is 38.1 Å². The minimum absolute atomic E-state index is 0.212. The summed E-state index contributed by atoms with van der Waals surface area (Å²) in [4.78, 5) is 16.0. The predicted octanol–water partition coefficient (Wildman–Crippen LogP) is 1.68. The Hall–Kier alpha value is -1.88. The van der Waals surface area contributed by atoms with Crippen molar-refractivity contribution >= 4 is 16.7 Å². The fraction of sp³-hybridized carbons (Fsp3) is 0.357. The van der Waals surface area contributed by atoms with Crippen LogP contribution >= 0.6 is 0 Å². The molecule has 1 aromatic heterocycles. The molecule has 0 bridgehead atoms. The van der Waals surface area contributed by atoms with E-state index in [1.165, 1.54) is 24.5 Å². The molecule has 2 aromatic rings. The molecule has 0 spiro atoms. The first-order chi connectivity index (χ1) is 9.15. The van der Waals surface area contributed by atoms with Crippen molar-refractivity contribution in [3.63, 3.8) is 0 Å². The highest BCUT2D eigenvalue weighted by atomic mass is 19.1. The highest BCUT2D eigenvalue weighted by Gasteiger charge is 2.19. The van der Waals surface area contributed by atoms with Crippen LogP contribution in [0.4, 0.5) is 10.1 Å². The maximum atomic E-state index is 13.7. The van der Waals surface area contributed by atoms with Crippen LogP contribution in [0, 0.1) is 5.82 Å². The van der Waals surface area contributed by atoms with Crippen LogP contribution in [0.25, 0.3) is 11.0 Å². The summed E-state index contributed by atoms with van der Waals surface area (Å²) in [6, 6.07) is 3.99. The van der Waals surface area contributed by atoms with E-state index in [1.807, 2.05) is 0 Å². The molecule has 19 heavy (non-hydrogen) atoms. The summed E-state index contributed by atoms with van der Waals surface area (Å²) in [7, 11) is 2.06. The van der Waals surface area contributed by atoms with Crippen molar-refractivity contribution in [3.8, 4) is 0 Å². The molecule has 100 valence electrons. The SMILES string of the molecule is CN1CCN(c2cc(F)cc3c(=O)ccoc23)CC1. The van der Waals surface area contributed by atoms with Gasteiger partial charge in [0.15, 0.2) is 11.0 Å². The minimum Gasteiger partial charge on any atom is -0.462 e. The second-order valence-electron chi connectivity index (χ2n) is 4.88. The van der Waals surface area contributed by atoms with Crippen molar-refractivity contribution in [3.05, 3.63) is 40.5 Å². The van der Waals surface area contributed by atoms with Gasteiger partial charge in [-0.25, -0.2) is 4.39 Å². The number of hydrogen-bond donors (Lipinski definition) is 0. The largest absolute Gasteiger partial charge is 0.462 e. The fourth-order valence-corrected chi connectivity index (χ4v) is 2.42. The summed E-state index contributed by atoms with van der Waals surface area (Å²) in [6.45, 7) is 3.42. The molecule has 0 atom stereocenters. The van der Waals surface area contributed by atoms with Crippen molar-refractivity contribution < 1.29 is 8.81 Å². The number of piperazine rings is 1. The number of halogens is 1. The zero-order valence-corrected chi connectivity index (χ0v) is 10.7. The average Bonchev–Trinajstić information content (AvgIpc) is 2.40. The second-order valence-corrected chi connectivity index (χ2v) is 4.88. The first kappa shape index (κ1) is 12.2. The van der Waals surface area contributed by atoms with Gasteiger partial charge in [-0.1, -0.05) is 0 Å². The molecule has 1 aromatic carbocycles. The molecule has 0 radical (unpaired) electrons. The Balaban J connectivity index is 2.12. The van der Waals surface area contributed by atoms with E-state index in [9.17, 15) is 9.18 Å². The Labute approximate surface area is 110 Å². The molecule has 0 N–H and O–H groups in total. The molecule has 4 nitrogen and oxygen atoms in total. The number of hydrogen-bond acceptors (Lipinski definition) is 4. The van der Waals surface area contributed by atoms with Crippen LogP contribution in [0.1, 0.15) is 0 Å². The lowest BCUT2D eigenvalue weighted by Gasteiger charge is -2.34. The van der Waals surface area contributed by atoms with Gasteiger partial charge in [0.1, 0.15) is 5.82 Å². The van der Waals surface area contributed by atoms with Gasteiger partial charge in [-0.15, -0.1) is 0 Å². The van der Waals surface area contributed by atoms with Crippen LogP contribution in [0.2, 0.25) is 0 Å². The standard InChI is InChI=1S/C14H15FN2O2/c1-16-3-5-17(6-4-16)12-9-10(15)8-11-13(18)2-7-19-14(11)12/h2,7-9H,3-6H2,1H3. The van der Waals surface area contributed by atoms with Crippen molar-refractivity contribution in [2.45, 2.75) is 0 Å². The van der Waals surface area contributed by atoms with Crippen molar-refractivity contribution in [1.29, 1.82) is 0 Å². The fourth-order valence-electron chi connectivity index (χ4n) is 2.42. The number of fused-ring (bicyclic) bond motifs is 1. The molecule has 1 aliphatic heterocycles. The van der Waals surface area contributed by atoms with E-state index in [2.05, 4.69) is 16.8 Å². The highest BCUT2D eigenvalue weighted by Crippen LogP contribution is 2.27. The topological polar surface area (TPSA) is 36.7 Å². The van der Waals surface area contributed by atoms with Gasteiger partial charge < -0.3 is 14.2 Å². The van der Waals surface area contributed by atoms with Gasteiger partial charge in [0.25, 0.3) is 0 Å². The van der Waals surface area contributed by atoms with Crippen LogP contribution in [-0.2, 0) is 0 Å². The molecule has 1 saturated heterocycles. The van der Waals surface area contributed by atoms with Gasteiger partial charge in [-0.2, -0.15) is 0 Å². The molecule has 5 heteroatoms. The van der Waals surface area contributed by atoms with Crippen LogP contribution in [0.3, 0.4) is 0 Å². The first-order valence-corrected chi connectivity index (χ1v) is 6.30. The molecule has 2 heterocycles. The van der Waals surface area contributed by atoms with Gasteiger partial charge in [-0.05, 0) is 13.1 Å². The average molecular weight is 262 g/mol. The summed E-state index contributed by atoms with van der Waals surface area (Å²) in [5.74, 6) is -0.403. The maximum absolute atomic E-state index is 13.7. The van der Waals surface area contributed by atoms with E-state index < -0.39 is 5.82 Å². The quantitative estimate of drug-likeness (QED) is 0.783. The lowest BCUT2D eigenvalue weighted by Crippen LogP contribution is -2.44. The third-order valence-electron chi connectivity index (χ3n) is 3.55. The Bertz CT molecular complexity index is 660. The van der Waals surface area contributed by atoms with E-state index in [1.54, 1.807) is 0 Å². The van der Waals surface area contributed by atoms with Gasteiger partial charge in [0.05, 0.1) is 17.3 Å². The number of likely N-dealkylation sites (N-methyl/N-ethyl adjacent to an activating group) is 1. The Morgan fingerprint density at radius 3 is 2.68 bits per heavy atom. The van der Waals surface area contributed by atoms with Gasteiger partial charge >= 0.3 is 0 Å². The third kappa shape index (κ3) is 2.21. The molecule has 1 fully saturated rings. The van der Waals surface area contributed by atoms with Gasteiger partial charge in [0, 0.05) is 38.3 Å². The molecular weight excluding hydrogens is 247 g/mol. The van der Waals surface area contributed by atoms with Crippen molar-refractivity contribution in [1.82, 2.24) is 4.90 Å². The summed E-state index contributed by atoms with van der Waals surface area (Å²) >= 11 is 0. The van der Waals surface area contributed by atoms with Crippen LogP contribution in [0.15, 0.2) is 33.7 Å². The number of nitrogens with zero attached hydrogens (tertiary/aromatic N) is 2. The van der Waals surface area contributed by atoms with Crippen LogP contribution < -0.4 is 10.3 Å². The Morgan fingerprint density at radius 2 is 1.95 bits per heavy atom. The van der Waals surface area contributed by atoms with Crippen molar-refractivity contribution in [2.75, 3.05) is 38.1 Å². The molecule has 1 aliphatic rings. The molecule has 3 rings (SSSR count). The summed E-state index contributed by atoms with van der Waals surface area (Å²) in [5.41, 5.74) is 0.926. The minimum atomic E-state index is -0.403. The predicted molar refractivity (Wildman–Crippen MR) is 72.2 cm³/mol. The van der Waals surface area contributed by atoms with E-state index in [0.717, 1.165) is 26.2 Å². The maximum Gasteiger partial charge on any atom is 0.192 e. The number of anilines is 1. The molecule has 0 aliphatic carbocycles. The first-order valence-electron chi connectivity index (χ1n) is 6.30. The summed E-state index contributed by atoms with van der Waals surface area (Å²) in [5, 5.41) is 0.302.